The number of benzene rings is 2. The highest BCUT2D eigenvalue weighted by atomic mass is 16.4. The zero-order valence-electron chi connectivity index (χ0n) is 10.8. The molecule has 0 amide bonds. The molecule has 1 aliphatic carbocycles. The number of carbonyl (C=O) groups is 1. The summed E-state index contributed by atoms with van der Waals surface area (Å²) in [5.74, 6) is -0.671. The van der Waals surface area contributed by atoms with Crippen molar-refractivity contribution in [3.63, 3.8) is 0 Å². The average Bonchev–Trinajstić information content (AvgIpc) is 3.20. The van der Waals surface area contributed by atoms with E-state index in [1.807, 2.05) is 25.2 Å². The number of rotatable bonds is 4. The van der Waals surface area contributed by atoms with Gasteiger partial charge in [0.15, 0.2) is 0 Å². The maximum atomic E-state index is 11.1. The van der Waals surface area contributed by atoms with E-state index in [0.717, 1.165) is 6.42 Å². The van der Waals surface area contributed by atoms with Gasteiger partial charge in [-0.2, -0.15) is 0 Å². The first-order valence-electron chi connectivity index (χ1n) is 6.60. The average molecular weight is 255 g/mol. The number of nitrogens with one attached hydrogen (secondary N) is 1. The molecule has 2 aromatic carbocycles. The summed E-state index contributed by atoms with van der Waals surface area (Å²) in [5, 5.41) is 14.8. The molecular formula is C16H17NO2. The normalized spacial score (nSPS) is 23.2. The van der Waals surface area contributed by atoms with Gasteiger partial charge in [0, 0.05) is 6.04 Å². The summed E-state index contributed by atoms with van der Waals surface area (Å²) in [6, 6.07) is 14.6. The Hall–Kier alpha value is -1.87. The zero-order valence-corrected chi connectivity index (χ0v) is 10.8. The molecule has 0 heterocycles. The van der Waals surface area contributed by atoms with Crippen molar-refractivity contribution in [3.05, 3.63) is 48.0 Å². The summed E-state index contributed by atoms with van der Waals surface area (Å²) < 4.78 is 0. The van der Waals surface area contributed by atoms with Gasteiger partial charge in [0.25, 0.3) is 0 Å². The fourth-order valence-corrected chi connectivity index (χ4v) is 2.99. The predicted octanol–water partition coefficient (Wildman–Crippen LogP) is 2.82. The van der Waals surface area contributed by atoms with Crippen LogP contribution in [0.15, 0.2) is 42.5 Å². The van der Waals surface area contributed by atoms with Crippen molar-refractivity contribution in [3.8, 4) is 0 Å². The minimum atomic E-state index is -0.675. The van der Waals surface area contributed by atoms with E-state index in [1.165, 1.54) is 16.3 Å². The molecule has 0 bridgehead atoms. The van der Waals surface area contributed by atoms with Gasteiger partial charge in [-0.1, -0.05) is 42.5 Å². The van der Waals surface area contributed by atoms with Crippen LogP contribution in [0.1, 0.15) is 18.0 Å². The predicted molar refractivity (Wildman–Crippen MR) is 75.0 cm³/mol. The minimum absolute atomic E-state index is 0.118. The SMILES string of the molecule is CNC(c1cccc2ccccc12)C1CC1C(=O)O. The van der Waals surface area contributed by atoms with Gasteiger partial charge >= 0.3 is 5.97 Å². The zero-order chi connectivity index (χ0) is 13.4. The van der Waals surface area contributed by atoms with Crippen LogP contribution in [0.4, 0.5) is 0 Å². The van der Waals surface area contributed by atoms with Crippen molar-refractivity contribution < 1.29 is 9.90 Å². The van der Waals surface area contributed by atoms with Crippen molar-refractivity contribution in [2.75, 3.05) is 7.05 Å². The number of hydrogen-bond acceptors (Lipinski definition) is 2. The van der Waals surface area contributed by atoms with Crippen molar-refractivity contribution in [1.82, 2.24) is 5.32 Å². The van der Waals surface area contributed by atoms with Gasteiger partial charge in [-0.05, 0) is 35.7 Å². The lowest BCUT2D eigenvalue weighted by Crippen LogP contribution is -2.20. The molecule has 3 heteroatoms. The number of hydrogen-bond donors (Lipinski definition) is 2. The van der Waals surface area contributed by atoms with E-state index in [-0.39, 0.29) is 17.9 Å². The van der Waals surface area contributed by atoms with Crippen LogP contribution in [0.3, 0.4) is 0 Å². The topological polar surface area (TPSA) is 49.3 Å². The highest BCUT2D eigenvalue weighted by molar-refractivity contribution is 5.86. The van der Waals surface area contributed by atoms with Crippen molar-refractivity contribution >= 4 is 16.7 Å². The number of carboxylic acids is 1. The molecule has 19 heavy (non-hydrogen) atoms. The smallest absolute Gasteiger partial charge is 0.306 e. The molecular weight excluding hydrogens is 238 g/mol. The summed E-state index contributed by atoms with van der Waals surface area (Å²) in [6.07, 6.45) is 0.768. The van der Waals surface area contributed by atoms with Crippen LogP contribution in [-0.4, -0.2) is 18.1 Å². The third-order valence-corrected chi connectivity index (χ3v) is 4.05. The van der Waals surface area contributed by atoms with E-state index >= 15 is 0 Å². The molecule has 2 N–H and O–H groups in total. The Labute approximate surface area is 112 Å². The van der Waals surface area contributed by atoms with Crippen LogP contribution < -0.4 is 5.32 Å². The lowest BCUT2D eigenvalue weighted by molar-refractivity contribution is -0.138. The highest BCUT2D eigenvalue weighted by Gasteiger charge is 2.48. The molecule has 3 nitrogen and oxygen atoms in total. The monoisotopic (exact) mass is 255 g/mol. The van der Waals surface area contributed by atoms with Gasteiger partial charge < -0.3 is 10.4 Å². The van der Waals surface area contributed by atoms with Crippen molar-refractivity contribution in [2.45, 2.75) is 12.5 Å². The maximum Gasteiger partial charge on any atom is 0.306 e. The van der Waals surface area contributed by atoms with Crippen LogP contribution >= 0.6 is 0 Å². The number of aliphatic carboxylic acids is 1. The van der Waals surface area contributed by atoms with Crippen LogP contribution in [0.2, 0.25) is 0 Å². The molecule has 0 aromatic heterocycles. The molecule has 0 saturated heterocycles. The second-order valence-corrected chi connectivity index (χ2v) is 5.18. The Kier molecular flexibility index (Phi) is 2.99. The second kappa shape index (κ2) is 4.67. The molecule has 1 saturated carbocycles. The van der Waals surface area contributed by atoms with E-state index in [0.29, 0.717) is 0 Å². The fourth-order valence-electron chi connectivity index (χ4n) is 2.99. The lowest BCUT2D eigenvalue weighted by Gasteiger charge is -2.18. The number of fused-ring (bicyclic) bond motifs is 1. The van der Waals surface area contributed by atoms with Gasteiger partial charge in [-0.15, -0.1) is 0 Å². The Morgan fingerprint density at radius 1 is 1.26 bits per heavy atom. The largest absolute Gasteiger partial charge is 0.481 e. The first kappa shape index (κ1) is 12.2. The van der Waals surface area contributed by atoms with Crippen LogP contribution in [0.5, 0.6) is 0 Å². The Morgan fingerprint density at radius 3 is 2.68 bits per heavy atom. The molecule has 2 aromatic rings. The minimum Gasteiger partial charge on any atom is -0.481 e. The van der Waals surface area contributed by atoms with Gasteiger partial charge in [-0.3, -0.25) is 4.79 Å². The molecule has 0 radical (unpaired) electrons. The molecule has 3 rings (SSSR count). The standard InChI is InChI=1S/C16H17NO2/c1-17-15(13-9-14(13)16(18)19)12-8-4-6-10-5-2-3-7-11(10)12/h2-8,13-15,17H,9H2,1H3,(H,18,19). The van der Waals surface area contributed by atoms with Crippen molar-refractivity contribution in [1.29, 1.82) is 0 Å². The quantitative estimate of drug-likeness (QED) is 0.883. The van der Waals surface area contributed by atoms with Crippen molar-refractivity contribution in [2.24, 2.45) is 11.8 Å². The molecule has 1 aliphatic rings. The van der Waals surface area contributed by atoms with Gasteiger partial charge in [0.05, 0.1) is 5.92 Å². The Morgan fingerprint density at radius 2 is 2.00 bits per heavy atom. The summed E-state index contributed by atoms with van der Waals surface area (Å²) in [6.45, 7) is 0. The summed E-state index contributed by atoms with van der Waals surface area (Å²) in [5.41, 5.74) is 1.20. The lowest BCUT2D eigenvalue weighted by atomic mass is 9.95. The van der Waals surface area contributed by atoms with E-state index in [2.05, 4.69) is 29.6 Å². The van der Waals surface area contributed by atoms with Gasteiger partial charge in [-0.25, -0.2) is 0 Å². The van der Waals surface area contributed by atoms with Crippen LogP contribution in [-0.2, 0) is 4.79 Å². The Balaban J connectivity index is 2.01. The molecule has 3 unspecified atom stereocenters. The summed E-state index contributed by atoms with van der Waals surface area (Å²) >= 11 is 0. The van der Waals surface area contributed by atoms with E-state index < -0.39 is 5.97 Å². The van der Waals surface area contributed by atoms with E-state index in [1.54, 1.807) is 0 Å². The first-order valence-corrected chi connectivity index (χ1v) is 6.60. The highest BCUT2D eigenvalue weighted by Crippen LogP contribution is 2.48. The molecule has 98 valence electrons. The van der Waals surface area contributed by atoms with E-state index in [9.17, 15) is 4.79 Å². The third kappa shape index (κ3) is 2.10. The summed E-state index contributed by atoms with van der Waals surface area (Å²) in [4.78, 5) is 11.1. The summed E-state index contributed by atoms with van der Waals surface area (Å²) in [7, 11) is 1.91. The third-order valence-electron chi connectivity index (χ3n) is 4.05. The fraction of sp³-hybridized carbons (Fsp3) is 0.312. The Bertz CT molecular complexity index is 618. The van der Waals surface area contributed by atoms with Gasteiger partial charge in [0.1, 0.15) is 0 Å². The second-order valence-electron chi connectivity index (χ2n) is 5.18. The molecule has 0 spiro atoms. The first-order chi connectivity index (χ1) is 9.22. The maximum absolute atomic E-state index is 11.1. The van der Waals surface area contributed by atoms with E-state index in [4.69, 9.17) is 5.11 Å². The molecule has 0 aliphatic heterocycles. The van der Waals surface area contributed by atoms with Crippen LogP contribution in [0, 0.1) is 11.8 Å². The molecule has 1 fully saturated rings. The molecule has 3 atom stereocenters. The van der Waals surface area contributed by atoms with Gasteiger partial charge in [0.2, 0.25) is 0 Å². The van der Waals surface area contributed by atoms with Crippen LogP contribution in [0.25, 0.3) is 10.8 Å². The number of carboxylic acid groups (broad SMARTS) is 1.